The van der Waals surface area contributed by atoms with Crippen molar-refractivity contribution in [3.8, 4) is 0 Å². The first-order valence-corrected chi connectivity index (χ1v) is 6.77. The van der Waals surface area contributed by atoms with Crippen molar-refractivity contribution in [2.75, 3.05) is 12.4 Å². The van der Waals surface area contributed by atoms with Gasteiger partial charge in [0, 0.05) is 22.9 Å². The molecule has 0 aliphatic carbocycles. The summed E-state index contributed by atoms with van der Waals surface area (Å²) in [5, 5.41) is 0. The summed E-state index contributed by atoms with van der Waals surface area (Å²) in [6, 6.07) is 5.33. The number of benzene rings is 1. The van der Waals surface area contributed by atoms with E-state index in [4.69, 9.17) is 11.6 Å². The minimum Gasteiger partial charge on any atom is -0.295 e. The largest absolute Gasteiger partial charge is 0.295 e. The third-order valence-electron chi connectivity index (χ3n) is 3.07. The van der Waals surface area contributed by atoms with E-state index in [1.165, 1.54) is 25.0 Å². The third-order valence-corrected chi connectivity index (χ3v) is 4.16. The molecular formula is C12H14BrClFN. The molecule has 88 valence electrons. The summed E-state index contributed by atoms with van der Waals surface area (Å²) >= 11 is 9.32. The van der Waals surface area contributed by atoms with Crippen molar-refractivity contribution in [2.45, 2.75) is 25.4 Å². The fourth-order valence-electron chi connectivity index (χ4n) is 2.15. The summed E-state index contributed by atoms with van der Waals surface area (Å²) in [5.74, 6) is 0.477. The van der Waals surface area contributed by atoms with Crippen LogP contribution in [0.5, 0.6) is 0 Å². The van der Waals surface area contributed by atoms with Crippen LogP contribution in [0.4, 0.5) is 4.39 Å². The van der Waals surface area contributed by atoms with Gasteiger partial charge in [0.2, 0.25) is 0 Å². The normalized spacial score (nSPS) is 21.6. The lowest BCUT2D eigenvalue weighted by molar-refractivity contribution is 0.262. The maximum Gasteiger partial charge on any atom is 0.124 e. The molecule has 0 spiro atoms. The van der Waals surface area contributed by atoms with E-state index in [9.17, 15) is 4.39 Å². The van der Waals surface area contributed by atoms with Crippen LogP contribution in [0.25, 0.3) is 0 Å². The molecule has 0 N–H and O–H groups in total. The van der Waals surface area contributed by atoms with Crippen molar-refractivity contribution in [1.29, 1.82) is 0 Å². The van der Waals surface area contributed by atoms with Gasteiger partial charge in [0.05, 0.1) is 0 Å². The van der Waals surface area contributed by atoms with Crippen LogP contribution in [0, 0.1) is 5.82 Å². The lowest BCUT2D eigenvalue weighted by Crippen LogP contribution is -2.30. The van der Waals surface area contributed by atoms with Gasteiger partial charge in [-0.25, -0.2) is 4.39 Å². The van der Waals surface area contributed by atoms with Crippen molar-refractivity contribution in [1.82, 2.24) is 4.90 Å². The molecule has 4 heteroatoms. The maximum atomic E-state index is 12.9. The van der Waals surface area contributed by atoms with Gasteiger partial charge in [-0.05, 0) is 37.1 Å². The van der Waals surface area contributed by atoms with E-state index in [0.29, 0.717) is 11.9 Å². The molecule has 16 heavy (non-hydrogen) atoms. The number of alkyl halides is 1. The number of halogens is 3. The highest BCUT2D eigenvalue weighted by molar-refractivity contribution is 9.10. The highest BCUT2D eigenvalue weighted by atomic mass is 79.9. The SMILES string of the molecule is Fc1ccc(CN2CCCC2CCl)c(Br)c1. The molecule has 1 saturated heterocycles. The Hall–Kier alpha value is -0.120. The van der Waals surface area contributed by atoms with Crippen molar-refractivity contribution in [3.63, 3.8) is 0 Å². The Kier molecular flexibility index (Phi) is 4.22. The average molecular weight is 307 g/mol. The van der Waals surface area contributed by atoms with Gasteiger partial charge in [-0.3, -0.25) is 4.90 Å². The van der Waals surface area contributed by atoms with Gasteiger partial charge >= 0.3 is 0 Å². The fraction of sp³-hybridized carbons (Fsp3) is 0.500. The molecule has 1 fully saturated rings. The maximum absolute atomic E-state index is 12.9. The second-order valence-corrected chi connectivity index (χ2v) is 5.32. The van der Waals surface area contributed by atoms with Gasteiger partial charge in [-0.1, -0.05) is 22.0 Å². The number of rotatable bonds is 3. The first-order chi connectivity index (χ1) is 7.70. The summed E-state index contributed by atoms with van der Waals surface area (Å²) in [6.45, 7) is 1.93. The summed E-state index contributed by atoms with van der Waals surface area (Å²) < 4.78 is 13.8. The molecule has 0 bridgehead atoms. The van der Waals surface area contributed by atoms with Crippen LogP contribution in [0.3, 0.4) is 0 Å². The van der Waals surface area contributed by atoms with Crippen LogP contribution >= 0.6 is 27.5 Å². The minimum absolute atomic E-state index is 0.203. The predicted octanol–water partition coefficient (Wildman–Crippen LogP) is 3.79. The molecule has 0 saturated carbocycles. The predicted molar refractivity (Wildman–Crippen MR) is 68.3 cm³/mol. The smallest absolute Gasteiger partial charge is 0.124 e. The van der Waals surface area contributed by atoms with Crippen LogP contribution in [0.15, 0.2) is 22.7 Å². The molecule has 1 heterocycles. The van der Waals surface area contributed by atoms with Crippen LogP contribution in [-0.2, 0) is 6.54 Å². The zero-order chi connectivity index (χ0) is 11.5. The van der Waals surface area contributed by atoms with E-state index in [0.717, 1.165) is 23.1 Å². The summed E-state index contributed by atoms with van der Waals surface area (Å²) in [4.78, 5) is 2.37. The Morgan fingerprint density at radius 1 is 1.50 bits per heavy atom. The Balaban J connectivity index is 2.08. The Labute approximate surface area is 109 Å². The number of hydrogen-bond acceptors (Lipinski definition) is 1. The summed E-state index contributed by atoms with van der Waals surface area (Å²) in [7, 11) is 0. The first-order valence-electron chi connectivity index (χ1n) is 5.44. The quantitative estimate of drug-likeness (QED) is 0.768. The van der Waals surface area contributed by atoms with E-state index in [1.807, 2.05) is 6.07 Å². The Morgan fingerprint density at radius 3 is 3.00 bits per heavy atom. The molecule has 1 nitrogen and oxygen atoms in total. The number of likely N-dealkylation sites (tertiary alicyclic amines) is 1. The number of hydrogen-bond donors (Lipinski definition) is 0. The van der Waals surface area contributed by atoms with E-state index in [2.05, 4.69) is 20.8 Å². The van der Waals surface area contributed by atoms with Gasteiger partial charge in [-0.2, -0.15) is 0 Å². The lowest BCUT2D eigenvalue weighted by Gasteiger charge is -2.23. The van der Waals surface area contributed by atoms with E-state index < -0.39 is 0 Å². The van der Waals surface area contributed by atoms with Crippen molar-refractivity contribution >= 4 is 27.5 Å². The van der Waals surface area contributed by atoms with E-state index in [-0.39, 0.29) is 5.82 Å². The molecule has 1 unspecified atom stereocenters. The zero-order valence-corrected chi connectivity index (χ0v) is 11.3. The molecule has 1 aromatic carbocycles. The van der Waals surface area contributed by atoms with Crippen LogP contribution in [0.2, 0.25) is 0 Å². The monoisotopic (exact) mass is 305 g/mol. The van der Waals surface area contributed by atoms with E-state index >= 15 is 0 Å². The number of nitrogens with zero attached hydrogens (tertiary/aromatic N) is 1. The lowest BCUT2D eigenvalue weighted by atomic mass is 10.2. The molecule has 0 amide bonds. The van der Waals surface area contributed by atoms with Gasteiger partial charge in [0.1, 0.15) is 5.82 Å². The van der Waals surface area contributed by atoms with E-state index in [1.54, 1.807) is 0 Å². The molecule has 1 aliphatic rings. The van der Waals surface area contributed by atoms with Crippen LogP contribution in [-0.4, -0.2) is 23.4 Å². The molecule has 2 rings (SSSR count). The summed E-state index contributed by atoms with van der Waals surface area (Å²) in [6.07, 6.45) is 2.37. The second kappa shape index (κ2) is 5.48. The molecule has 0 aromatic heterocycles. The second-order valence-electron chi connectivity index (χ2n) is 4.16. The van der Waals surface area contributed by atoms with Gasteiger partial charge in [0.25, 0.3) is 0 Å². The molecule has 1 atom stereocenters. The highest BCUT2D eigenvalue weighted by Gasteiger charge is 2.23. The van der Waals surface area contributed by atoms with Crippen molar-refractivity contribution in [3.05, 3.63) is 34.1 Å². The van der Waals surface area contributed by atoms with Gasteiger partial charge < -0.3 is 0 Å². The Bertz CT molecular complexity index is 372. The fourth-order valence-corrected chi connectivity index (χ4v) is 2.97. The first kappa shape index (κ1) is 12.3. The average Bonchev–Trinajstić information content (AvgIpc) is 2.69. The minimum atomic E-state index is -0.203. The van der Waals surface area contributed by atoms with Crippen molar-refractivity contribution in [2.24, 2.45) is 0 Å². The van der Waals surface area contributed by atoms with Crippen molar-refractivity contribution < 1.29 is 4.39 Å². The highest BCUT2D eigenvalue weighted by Crippen LogP contribution is 2.25. The Morgan fingerprint density at radius 2 is 2.31 bits per heavy atom. The topological polar surface area (TPSA) is 3.24 Å². The van der Waals surface area contributed by atoms with Gasteiger partial charge in [-0.15, -0.1) is 11.6 Å². The molecular weight excluding hydrogens is 292 g/mol. The molecule has 0 radical (unpaired) electrons. The zero-order valence-electron chi connectivity index (χ0n) is 8.93. The van der Waals surface area contributed by atoms with Gasteiger partial charge in [0.15, 0.2) is 0 Å². The third kappa shape index (κ3) is 2.76. The molecule has 1 aliphatic heterocycles. The molecule has 1 aromatic rings. The van der Waals surface area contributed by atoms with Crippen LogP contribution < -0.4 is 0 Å². The summed E-state index contributed by atoms with van der Waals surface area (Å²) in [5.41, 5.74) is 1.12. The van der Waals surface area contributed by atoms with Crippen LogP contribution in [0.1, 0.15) is 18.4 Å². The standard InChI is InChI=1S/C12H14BrClFN/c13-12-6-10(15)4-3-9(12)8-16-5-1-2-11(16)7-14/h3-4,6,11H,1-2,5,7-8H2.